The molecular formula is C16H13ClN4O2. The Bertz CT molecular complexity index is 874. The summed E-state index contributed by atoms with van der Waals surface area (Å²) in [5.74, 6) is -0.265. The third kappa shape index (κ3) is 3.22. The number of hydrogen-bond acceptors (Lipinski definition) is 5. The molecule has 1 aromatic carbocycles. The predicted octanol–water partition coefficient (Wildman–Crippen LogP) is 4.58. The minimum Gasteiger partial charge on any atom is -0.461 e. The van der Waals surface area contributed by atoms with Gasteiger partial charge in [-0.1, -0.05) is 29.8 Å². The lowest BCUT2D eigenvalue weighted by molar-refractivity contribution is 0.0521. The molecule has 0 fully saturated rings. The summed E-state index contributed by atoms with van der Waals surface area (Å²) in [5, 5.41) is 8.82. The summed E-state index contributed by atoms with van der Waals surface area (Å²) < 4.78 is 6.64. The first kappa shape index (κ1) is 15.2. The van der Waals surface area contributed by atoms with Crippen molar-refractivity contribution in [1.29, 1.82) is 0 Å². The minimum absolute atomic E-state index is 0.105. The summed E-state index contributed by atoms with van der Waals surface area (Å²) >= 11 is 6.02. The maximum atomic E-state index is 12.1. The summed E-state index contributed by atoms with van der Waals surface area (Å²) in [7, 11) is 0. The standard InChI is InChI=1S/C16H13ClN4O2/c1-2-23-16(22)14-15(20-19-12-6-4-3-5-7-12)21-10-11(17)8-9-13(21)18-14/h3-10H,2H2,1H3. The first-order valence-corrected chi connectivity index (χ1v) is 7.38. The van der Waals surface area contributed by atoms with Crippen molar-refractivity contribution in [3.05, 3.63) is 59.4 Å². The van der Waals surface area contributed by atoms with Crippen LogP contribution in [0.2, 0.25) is 5.02 Å². The van der Waals surface area contributed by atoms with Crippen molar-refractivity contribution in [3.63, 3.8) is 0 Å². The van der Waals surface area contributed by atoms with Gasteiger partial charge in [0.15, 0.2) is 11.5 Å². The second kappa shape index (κ2) is 6.58. The zero-order chi connectivity index (χ0) is 16.2. The van der Waals surface area contributed by atoms with Gasteiger partial charge in [-0.3, -0.25) is 4.40 Å². The van der Waals surface area contributed by atoms with Crippen LogP contribution in [0.25, 0.3) is 5.65 Å². The van der Waals surface area contributed by atoms with E-state index < -0.39 is 5.97 Å². The lowest BCUT2D eigenvalue weighted by Gasteiger charge is -2.00. The van der Waals surface area contributed by atoms with Crippen LogP contribution in [-0.2, 0) is 4.74 Å². The molecule has 0 radical (unpaired) electrons. The third-order valence-electron chi connectivity index (χ3n) is 3.04. The van der Waals surface area contributed by atoms with E-state index in [0.717, 1.165) is 0 Å². The van der Waals surface area contributed by atoms with Gasteiger partial charge in [0.25, 0.3) is 0 Å². The van der Waals surface area contributed by atoms with Gasteiger partial charge in [0.2, 0.25) is 0 Å². The molecule has 0 N–H and O–H groups in total. The maximum absolute atomic E-state index is 12.1. The smallest absolute Gasteiger partial charge is 0.360 e. The van der Waals surface area contributed by atoms with Crippen LogP contribution >= 0.6 is 11.6 Å². The average Bonchev–Trinajstić information content (AvgIpc) is 2.92. The molecule has 7 heteroatoms. The number of carbonyl (C=O) groups is 1. The first-order valence-electron chi connectivity index (χ1n) is 7.00. The van der Waals surface area contributed by atoms with Gasteiger partial charge in [-0.15, -0.1) is 10.2 Å². The molecule has 0 bridgehead atoms. The van der Waals surface area contributed by atoms with E-state index >= 15 is 0 Å². The van der Waals surface area contributed by atoms with Crippen LogP contribution in [-0.4, -0.2) is 22.0 Å². The van der Waals surface area contributed by atoms with Crippen LogP contribution < -0.4 is 0 Å². The second-order valence-corrected chi connectivity index (χ2v) is 5.05. The number of pyridine rings is 1. The van der Waals surface area contributed by atoms with E-state index in [-0.39, 0.29) is 18.1 Å². The van der Waals surface area contributed by atoms with Crippen LogP contribution in [0.3, 0.4) is 0 Å². The van der Waals surface area contributed by atoms with Crippen LogP contribution in [0, 0.1) is 0 Å². The van der Waals surface area contributed by atoms with E-state index in [0.29, 0.717) is 16.4 Å². The van der Waals surface area contributed by atoms with Crippen LogP contribution in [0.15, 0.2) is 58.9 Å². The molecule has 0 spiro atoms. The highest BCUT2D eigenvalue weighted by Gasteiger charge is 2.20. The van der Waals surface area contributed by atoms with Gasteiger partial charge < -0.3 is 4.74 Å². The number of nitrogens with zero attached hydrogens (tertiary/aromatic N) is 4. The highest BCUT2D eigenvalue weighted by molar-refractivity contribution is 6.30. The van der Waals surface area contributed by atoms with Crippen molar-refractivity contribution in [2.24, 2.45) is 10.2 Å². The fraction of sp³-hybridized carbons (Fsp3) is 0.125. The molecule has 0 aliphatic carbocycles. The van der Waals surface area contributed by atoms with Gasteiger partial charge in [0, 0.05) is 6.20 Å². The molecule has 23 heavy (non-hydrogen) atoms. The zero-order valence-corrected chi connectivity index (χ0v) is 13.1. The Balaban J connectivity index is 2.11. The molecule has 0 saturated carbocycles. The van der Waals surface area contributed by atoms with E-state index in [1.54, 1.807) is 29.7 Å². The topological polar surface area (TPSA) is 68.3 Å². The molecule has 0 amide bonds. The van der Waals surface area contributed by atoms with E-state index in [1.165, 1.54) is 0 Å². The number of fused-ring (bicyclic) bond motifs is 1. The third-order valence-corrected chi connectivity index (χ3v) is 3.27. The van der Waals surface area contributed by atoms with Crippen molar-refractivity contribution in [2.75, 3.05) is 6.61 Å². The SMILES string of the molecule is CCOC(=O)c1nc2ccc(Cl)cn2c1N=Nc1ccccc1. The van der Waals surface area contributed by atoms with Crippen LogP contribution in [0.1, 0.15) is 17.4 Å². The van der Waals surface area contributed by atoms with Crippen LogP contribution in [0.4, 0.5) is 11.5 Å². The fourth-order valence-electron chi connectivity index (χ4n) is 2.04. The summed E-state index contributed by atoms with van der Waals surface area (Å²) in [5.41, 5.74) is 1.31. The summed E-state index contributed by atoms with van der Waals surface area (Å²) in [4.78, 5) is 16.4. The molecule has 0 aliphatic heterocycles. The Morgan fingerprint density at radius 3 is 2.74 bits per heavy atom. The van der Waals surface area contributed by atoms with Crippen molar-refractivity contribution in [2.45, 2.75) is 6.92 Å². The van der Waals surface area contributed by atoms with Gasteiger partial charge in [0.05, 0.1) is 17.3 Å². The Morgan fingerprint density at radius 1 is 1.22 bits per heavy atom. The molecule has 0 unspecified atom stereocenters. The van der Waals surface area contributed by atoms with Crippen molar-refractivity contribution >= 4 is 34.7 Å². The van der Waals surface area contributed by atoms with E-state index in [9.17, 15) is 4.79 Å². The summed E-state index contributed by atoms with van der Waals surface area (Å²) in [6, 6.07) is 12.6. The van der Waals surface area contributed by atoms with Gasteiger partial charge in [0.1, 0.15) is 5.65 Å². The number of azo groups is 1. The van der Waals surface area contributed by atoms with Crippen molar-refractivity contribution in [3.8, 4) is 0 Å². The van der Waals surface area contributed by atoms with Gasteiger partial charge in [-0.25, -0.2) is 9.78 Å². The number of hydrogen-bond donors (Lipinski definition) is 0. The molecule has 0 saturated heterocycles. The summed E-state index contributed by atoms with van der Waals surface area (Å²) in [6.07, 6.45) is 1.63. The van der Waals surface area contributed by atoms with Gasteiger partial charge >= 0.3 is 5.97 Å². The number of esters is 1. The lowest BCUT2D eigenvalue weighted by atomic mass is 10.3. The molecule has 6 nitrogen and oxygen atoms in total. The normalized spacial score (nSPS) is 11.2. The van der Waals surface area contributed by atoms with Crippen LogP contribution in [0.5, 0.6) is 0 Å². The fourth-order valence-corrected chi connectivity index (χ4v) is 2.20. The Kier molecular flexibility index (Phi) is 4.34. The quantitative estimate of drug-likeness (QED) is 0.520. The second-order valence-electron chi connectivity index (χ2n) is 4.62. The number of ether oxygens (including phenoxy) is 1. The molecule has 116 valence electrons. The molecule has 0 atom stereocenters. The highest BCUT2D eigenvalue weighted by Crippen LogP contribution is 2.26. The van der Waals surface area contributed by atoms with Crippen molar-refractivity contribution < 1.29 is 9.53 Å². The molecular weight excluding hydrogens is 316 g/mol. The molecule has 0 aliphatic rings. The first-order chi connectivity index (χ1) is 11.2. The largest absolute Gasteiger partial charge is 0.461 e. The lowest BCUT2D eigenvalue weighted by Crippen LogP contribution is -2.05. The van der Waals surface area contributed by atoms with E-state index in [1.807, 2.05) is 30.3 Å². The van der Waals surface area contributed by atoms with Gasteiger partial charge in [-0.2, -0.15) is 0 Å². The predicted molar refractivity (Wildman–Crippen MR) is 86.8 cm³/mol. The molecule has 3 aromatic rings. The number of halogens is 1. The minimum atomic E-state index is -0.547. The monoisotopic (exact) mass is 328 g/mol. The molecule has 2 aromatic heterocycles. The maximum Gasteiger partial charge on any atom is 0.360 e. The number of rotatable bonds is 4. The molecule has 3 rings (SSSR count). The molecule has 2 heterocycles. The summed E-state index contributed by atoms with van der Waals surface area (Å²) in [6.45, 7) is 1.98. The van der Waals surface area contributed by atoms with Crippen molar-refractivity contribution in [1.82, 2.24) is 9.38 Å². The number of imidazole rings is 1. The van der Waals surface area contributed by atoms with E-state index in [2.05, 4.69) is 15.2 Å². The van der Waals surface area contributed by atoms with Gasteiger partial charge in [-0.05, 0) is 31.2 Å². The number of carbonyl (C=O) groups excluding carboxylic acids is 1. The Morgan fingerprint density at radius 2 is 2.00 bits per heavy atom. The Labute approximate surface area is 137 Å². The van der Waals surface area contributed by atoms with E-state index in [4.69, 9.17) is 16.3 Å². The Hall–Kier alpha value is -2.73. The number of aromatic nitrogens is 2. The zero-order valence-electron chi connectivity index (χ0n) is 12.3. The highest BCUT2D eigenvalue weighted by atomic mass is 35.5. The number of benzene rings is 1. The average molecular weight is 329 g/mol.